The van der Waals surface area contributed by atoms with E-state index < -0.39 is 0 Å². The summed E-state index contributed by atoms with van der Waals surface area (Å²) in [6, 6.07) is 9.51. The lowest BCUT2D eigenvalue weighted by molar-refractivity contribution is 0.288. The Labute approximate surface area is 119 Å². The van der Waals surface area contributed by atoms with Crippen LogP contribution in [-0.4, -0.2) is 12.6 Å². The van der Waals surface area contributed by atoms with Crippen molar-refractivity contribution in [2.75, 3.05) is 6.54 Å². The van der Waals surface area contributed by atoms with Crippen LogP contribution in [0.4, 0.5) is 0 Å². The van der Waals surface area contributed by atoms with E-state index in [0.29, 0.717) is 0 Å². The Kier molecular flexibility index (Phi) is 5.25. The van der Waals surface area contributed by atoms with Gasteiger partial charge in [-0.3, -0.25) is 0 Å². The monoisotopic (exact) mass is 309 g/mol. The molecule has 1 fully saturated rings. The molecular formula is C16H24BrN. The third kappa shape index (κ3) is 4.10. The highest BCUT2D eigenvalue weighted by Crippen LogP contribution is 2.37. The van der Waals surface area contributed by atoms with Crippen molar-refractivity contribution in [3.05, 3.63) is 34.3 Å². The predicted molar refractivity (Wildman–Crippen MR) is 82.0 cm³/mol. The van der Waals surface area contributed by atoms with Crippen molar-refractivity contribution in [2.45, 2.75) is 51.5 Å². The van der Waals surface area contributed by atoms with E-state index in [4.69, 9.17) is 0 Å². The largest absolute Gasteiger partial charge is 0.314 e. The van der Waals surface area contributed by atoms with Crippen LogP contribution >= 0.6 is 15.9 Å². The molecule has 1 aliphatic rings. The fourth-order valence-electron chi connectivity index (χ4n) is 2.63. The van der Waals surface area contributed by atoms with Crippen LogP contribution in [0.1, 0.15) is 51.0 Å². The molecule has 0 radical (unpaired) electrons. The van der Waals surface area contributed by atoms with Crippen LogP contribution in [0.2, 0.25) is 0 Å². The molecule has 0 spiro atoms. The quantitative estimate of drug-likeness (QED) is 0.750. The van der Waals surface area contributed by atoms with E-state index in [-0.39, 0.29) is 0 Å². The van der Waals surface area contributed by atoms with Gasteiger partial charge in [-0.2, -0.15) is 0 Å². The second-order valence-electron chi connectivity index (χ2n) is 5.91. The number of hydrogen-bond donors (Lipinski definition) is 1. The summed E-state index contributed by atoms with van der Waals surface area (Å²) in [5.41, 5.74) is 1.49. The summed E-state index contributed by atoms with van der Waals surface area (Å²) in [5.74, 6) is 1.60. The molecule has 1 N–H and O–H groups in total. The molecule has 0 aromatic heterocycles. The summed E-state index contributed by atoms with van der Waals surface area (Å²) < 4.78 is 1.20. The minimum Gasteiger partial charge on any atom is -0.314 e. The molecule has 0 aliphatic heterocycles. The van der Waals surface area contributed by atoms with E-state index in [1.54, 1.807) is 0 Å². The van der Waals surface area contributed by atoms with Crippen molar-refractivity contribution in [3.8, 4) is 0 Å². The van der Waals surface area contributed by atoms with Crippen LogP contribution in [0.3, 0.4) is 0 Å². The van der Waals surface area contributed by atoms with Crippen LogP contribution in [0.15, 0.2) is 28.7 Å². The van der Waals surface area contributed by atoms with Crippen LogP contribution in [0, 0.1) is 5.92 Å². The van der Waals surface area contributed by atoms with Crippen molar-refractivity contribution >= 4 is 15.9 Å². The predicted octanol–water partition coefficient (Wildman–Crippen LogP) is 4.72. The molecule has 1 aliphatic carbocycles. The second kappa shape index (κ2) is 6.72. The average molecular weight is 310 g/mol. The fraction of sp³-hybridized carbons (Fsp3) is 0.625. The Balaban J connectivity index is 1.65. The van der Waals surface area contributed by atoms with E-state index >= 15 is 0 Å². The molecule has 0 unspecified atom stereocenters. The van der Waals surface area contributed by atoms with Gasteiger partial charge in [0.1, 0.15) is 0 Å². The molecule has 1 aromatic carbocycles. The van der Waals surface area contributed by atoms with Gasteiger partial charge in [-0.1, -0.05) is 41.9 Å². The molecule has 0 atom stereocenters. The number of rotatable bonds is 6. The smallest absolute Gasteiger partial charge is 0.0178 e. The highest BCUT2D eigenvalue weighted by Gasteiger charge is 2.29. The summed E-state index contributed by atoms with van der Waals surface area (Å²) in [7, 11) is 0. The van der Waals surface area contributed by atoms with Gasteiger partial charge in [0.2, 0.25) is 0 Å². The van der Waals surface area contributed by atoms with E-state index in [1.165, 1.54) is 42.3 Å². The lowest BCUT2D eigenvalue weighted by Crippen LogP contribution is -2.40. The van der Waals surface area contributed by atoms with Crippen molar-refractivity contribution < 1.29 is 0 Å². The first-order valence-corrected chi connectivity index (χ1v) is 7.93. The molecule has 18 heavy (non-hydrogen) atoms. The molecule has 1 aromatic rings. The molecule has 2 rings (SSSR count). The summed E-state index contributed by atoms with van der Waals surface area (Å²) in [6.07, 6.45) is 5.26. The lowest BCUT2D eigenvalue weighted by atomic mass is 9.76. The summed E-state index contributed by atoms with van der Waals surface area (Å²) in [4.78, 5) is 0. The number of benzene rings is 1. The number of hydrogen-bond acceptors (Lipinski definition) is 1. The molecule has 0 heterocycles. The first-order valence-electron chi connectivity index (χ1n) is 7.14. The van der Waals surface area contributed by atoms with Crippen molar-refractivity contribution in [1.29, 1.82) is 0 Å². The maximum Gasteiger partial charge on any atom is 0.0178 e. The van der Waals surface area contributed by atoms with Gasteiger partial charge in [0.05, 0.1) is 0 Å². The van der Waals surface area contributed by atoms with Gasteiger partial charge in [0.25, 0.3) is 0 Å². The van der Waals surface area contributed by atoms with E-state index in [2.05, 4.69) is 59.4 Å². The molecule has 2 heteroatoms. The minimum atomic E-state index is 0.751. The van der Waals surface area contributed by atoms with Gasteiger partial charge in [-0.25, -0.2) is 0 Å². The standard InChI is InChI=1S/C16H24BrN/c1-12(2)5-4-8-18-16-10-14(11-16)13-6-3-7-15(17)9-13/h3,6-7,9,12,14,16,18H,4-5,8,10-11H2,1-2H3. The number of halogens is 1. The Morgan fingerprint density at radius 2 is 2.11 bits per heavy atom. The van der Waals surface area contributed by atoms with Gasteiger partial charge in [-0.05, 0) is 61.8 Å². The van der Waals surface area contributed by atoms with E-state index in [0.717, 1.165) is 17.9 Å². The molecule has 0 bridgehead atoms. The van der Waals surface area contributed by atoms with E-state index in [9.17, 15) is 0 Å². The van der Waals surface area contributed by atoms with E-state index in [1.807, 2.05) is 0 Å². The molecule has 0 amide bonds. The normalized spacial score (nSPS) is 23.1. The molecule has 1 nitrogen and oxygen atoms in total. The molecular weight excluding hydrogens is 286 g/mol. The first kappa shape index (κ1) is 14.1. The van der Waals surface area contributed by atoms with Crippen molar-refractivity contribution in [2.24, 2.45) is 5.92 Å². The maximum absolute atomic E-state index is 3.68. The third-order valence-electron chi connectivity index (χ3n) is 3.85. The Morgan fingerprint density at radius 3 is 2.78 bits per heavy atom. The highest BCUT2D eigenvalue weighted by atomic mass is 79.9. The SMILES string of the molecule is CC(C)CCCNC1CC(c2cccc(Br)c2)C1. The van der Waals surface area contributed by atoms with Gasteiger partial charge in [-0.15, -0.1) is 0 Å². The average Bonchev–Trinajstić information content (AvgIpc) is 2.25. The van der Waals surface area contributed by atoms with Crippen LogP contribution in [0.5, 0.6) is 0 Å². The zero-order valence-corrected chi connectivity index (χ0v) is 13.0. The zero-order chi connectivity index (χ0) is 13.0. The zero-order valence-electron chi connectivity index (χ0n) is 11.5. The fourth-order valence-corrected chi connectivity index (χ4v) is 3.05. The lowest BCUT2D eigenvalue weighted by Gasteiger charge is -2.36. The summed E-state index contributed by atoms with van der Waals surface area (Å²) in [5, 5.41) is 3.68. The minimum absolute atomic E-state index is 0.751. The van der Waals surface area contributed by atoms with Gasteiger partial charge < -0.3 is 5.32 Å². The van der Waals surface area contributed by atoms with Gasteiger partial charge in [0.15, 0.2) is 0 Å². The first-order chi connectivity index (χ1) is 8.65. The molecule has 100 valence electrons. The summed E-state index contributed by atoms with van der Waals surface area (Å²) in [6.45, 7) is 5.79. The maximum atomic E-state index is 3.68. The van der Waals surface area contributed by atoms with Gasteiger partial charge >= 0.3 is 0 Å². The molecule has 1 saturated carbocycles. The van der Waals surface area contributed by atoms with Crippen LogP contribution in [0.25, 0.3) is 0 Å². The third-order valence-corrected chi connectivity index (χ3v) is 4.34. The Bertz CT molecular complexity index is 369. The Morgan fingerprint density at radius 1 is 1.33 bits per heavy atom. The van der Waals surface area contributed by atoms with Crippen LogP contribution < -0.4 is 5.32 Å². The van der Waals surface area contributed by atoms with Crippen molar-refractivity contribution in [1.82, 2.24) is 5.32 Å². The summed E-state index contributed by atoms with van der Waals surface area (Å²) >= 11 is 3.55. The highest BCUT2D eigenvalue weighted by molar-refractivity contribution is 9.10. The van der Waals surface area contributed by atoms with Crippen LogP contribution in [-0.2, 0) is 0 Å². The number of nitrogens with one attached hydrogen (secondary N) is 1. The Hall–Kier alpha value is -0.340. The topological polar surface area (TPSA) is 12.0 Å². The molecule has 0 saturated heterocycles. The van der Waals surface area contributed by atoms with Gasteiger partial charge in [0, 0.05) is 10.5 Å². The van der Waals surface area contributed by atoms with Crippen molar-refractivity contribution in [3.63, 3.8) is 0 Å². The second-order valence-corrected chi connectivity index (χ2v) is 6.83.